The molecule has 1 N–H and O–H groups in total. The van der Waals surface area contributed by atoms with Gasteiger partial charge in [0.15, 0.2) is 0 Å². The van der Waals surface area contributed by atoms with Crippen molar-refractivity contribution in [2.24, 2.45) is 0 Å². The SMILES string of the molecule is O=C(NC(C(=O)N(C(=O)CCc1ccccc1)c1ccccc1)n1nnc2ccccc21)OCc1ccccc1. The Morgan fingerprint density at radius 3 is 2.08 bits per heavy atom. The van der Waals surface area contributed by atoms with Gasteiger partial charge in [-0.3, -0.25) is 14.9 Å². The van der Waals surface area contributed by atoms with E-state index < -0.39 is 24.1 Å². The largest absolute Gasteiger partial charge is 0.445 e. The van der Waals surface area contributed by atoms with E-state index in [1.807, 2.05) is 60.7 Å². The molecule has 1 atom stereocenters. The van der Waals surface area contributed by atoms with E-state index in [9.17, 15) is 14.4 Å². The molecule has 200 valence electrons. The molecule has 5 aromatic rings. The number of benzene rings is 4. The topological polar surface area (TPSA) is 106 Å². The molecule has 4 aromatic carbocycles. The summed E-state index contributed by atoms with van der Waals surface area (Å²) in [4.78, 5) is 41.8. The van der Waals surface area contributed by atoms with Crippen molar-refractivity contribution in [3.63, 3.8) is 0 Å². The second-order valence-electron chi connectivity index (χ2n) is 9.02. The molecule has 1 heterocycles. The van der Waals surface area contributed by atoms with Crippen molar-refractivity contribution in [2.75, 3.05) is 4.90 Å². The van der Waals surface area contributed by atoms with Crippen LogP contribution in [-0.2, 0) is 27.4 Å². The highest BCUT2D eigenvalue weighted by atomic mass is 16.5. The van der Waals surface area contributed by atoms with Gasteiger partial charge < -0.3 is 4.74 Å². The van der Waals surface area contributed by atoms with Crippen LogP contribution in [0.2, 0.25) is 0 Å². The van der Waals surface area contributed by atoms with Crippen molar-refractivity contribution in [1.29, 1.82) is 0 Å². The lowest BCUT2D eigenvalue weighted by Crippen LogP contribution is -2.48. The highest BCUT2D eigenvalue weighted by Crippen LogP contribution is 2.22. The van der Waals surface area contributed by atoms with Gasteiger partial charge in [-0.15, -0.1) is 5.10 Å². The number of anilines is 1. The number of carbonyl (C=O) groups is 3. The van der Waals surface area contributed by atoms with Gasteiger partial charge in [-0.25, -0.2) is 14.4 Å². The summed E-state index contributed by atoms with van der Waals surface area (Å²) in [5.41, 5.74) is 3.17. The summed E-state index contributed by atoms with van der Waals surface area (Å²) in [5, 5.41) is 10.9. The van der Waals surface area contributed by atoms with Crippen LogP contribution in [0.3, 0.4) is 0 Å². The van der Waals surface area contributed by atoms with Crippen LogP contribution in [0.5, 0.6) is 0 Å². The number of hydrogen-bond donors (Lipinski definition) is 1. The number of imide groups is 1. The van der Waals surface area contributed by atoms with Crippen LogP contribution >= 0.6 is 0 Å². The molecule has 9 heteroatoms. The van der Waals surface area contributed by atoms with Crippen LogP contribution in [-0.4, -0.2) is 32.9 Å². The Morgan fingerprint density at radius 1 is 0.775 bits per heavy atom. The number of carbonyl (C=O) groups excluding carboxylic acids is 3. The summed E-state index contributed by atoms with van der Waals surface area (Å²) < 4.78 is 6.70. The molecule has 0 aliphatic heterocycles. The van der Waals surface area contributed by atoms with Gasteiger partial charge in [0.2, 0.25) is 12.1 Å². The van der Waals surface area contributed by atoms with E-state index >= 15 is 0 Å². The first kappa shape index (κ1) is 26.3. The number of alkyl carbamates (subject to hydrolysis) is 1. The molecule has 0 aliphatic carbocycles. The van der Waals surface area contributed by atoms with E-state index in [4.69, 9.17) is 4.74 Å². The maximum absolute atomic E-state index is 14.2. The Bertz CT molecular complexity index is 1590. The monoisotopic (exact) mass is 533 g/mol. The lowest BCUT2D eigenvalue weighted by Gasteiger charge is -2.26. The lowest BCUT2D eigenvalue weighted by molar-refractivity contribution is -0.129. The number of nitrogens with one attached hydrogen (secondary N) is 1. The van der Waals surface area contributed by atoms with E-state index in [1.54, 1.807) is 54.6 Å². The molecule has 0 saturated heterocycles. The van der Waals surface area contributed by atoms with Crippen LogP contribution in [0.4, 0.5) is 10.5 Å². The van der Waals surface area contributed by atoms with Crippen molar-refractivity contribution < 1.29 is 19.1 Å². The first-order valence-electron chi connectivity index (χ1n) is 12.8. The third kappa shape index (κ3) is 6.21. The number of aryl methyl sites for hydroxylation is 1. The predicted octanol–water partition coefficient (Wildman–Crippen LogP) is 5.05. The zero-order valence-corrected chi connectivity index (χ0v) is 21.6. The maximum Gasteiger partial charge on any atom is 0.409 e. The van der Waals surface area contributed by atoms with Crippen molar-refractivity contribution in [3.8, 4) is 0 Å². The fourth-order valence-corrected chi connectivity index (χ4v) is 4.28. The average molecular weight is 534 g/mol. The first-order chi connectivity index (χ1) is 19.6. The minimum atomic E-state index is -1.41. The van der Waals surface area contributed by atoms with Gasteiger partial charge in [0, 0.05) is 6.42 Å². The van der Waals surface area contributed by atoms with Crippen LogP contribution in [0.1, 0.15) is 23.7 Å². The van der Waals surface area contributed by atoms with Crippen LogP contribution in [0, 0.1) is 0 Å². The molecule has 9 nitrogen and oxygen atoms in total. The van der Waals surface area contributed by atoms with E-state index in [0.29, 0.717) is 23.1 Å². The number of hydrogen-bond acceptors (Lipinski definition) is 6. The van der Waals surface area contributed by atoms with Crippen LogP contribution in [0.15, 0.2) is 115 Å². The van der Waals surface area contributed by atoms with Crippen molar-refractivity contribution in [2.45, 2.75) is 25.6 Å². The molecule has 1 unspecified atom stereocenters. The summed E-state index contributed by atoms with van der Waals surface area (Å²) in [7, 11) is 0. The molecule has 0 bridgehead atoms. The molecule has 0 spiro atoms. The Labute approximate surface area is 231 Å². The highest BCUT2D eigenvalue weighted by Gasteiger charge is 2.34. The van der Waals surface area contributed by atoms with Crippen molar-refractivity contribution in [3.05, 3.63) is 126 Å². The smallest absolute Gasteiger partial charge is 0.409 e. The maximum atomic E-state index is 14.2. The van der Waals surface area contributed by atoms with Crippen molar-refractivity contribution >= 4 is 34.6 Å². The molecule has 0 saturated carbocycles. The second-order valence-corrected chi connectivity index (χ2v) is 9.02. The Kier molecular flexibility index (Phi) is 8.21. The lowest BCUT2D eigenvalue weighted by atomic mass is 10.1. The molecule has 0 aliphatic rings. The van der Waals surface area contributed by atoms with Gasteiger partial charge in [-0.05, 0) is 41.8 Å². The molecule has 0 fully saturated rings. The van der Waals surface area contributed by atoms with Gasteiger partial charge in [0.05, 0.1) is 11.2 Å². The quantitative estimate of drug-likeness (QED) is 0.284. The van der Waals surface area contributed by atoms with Crippen LogP contribution < -0.4 is 10.2 Å². The molecule has 5 rings (SSSR count). The minimum absolute atomic E-state index is 0.00406. The number of ether oxygens (including phenoxy) is 1. The molecule has 1 aromatic heterocycles. The van der Waals surface area contributed by atoms with Gasteiger partial charge in [0.25, 0.3) is 5.91 Å². The average Bonchev–Trinajstić information content (AvgIpc) is 3.43. The van der Waals surface area contributed by atoms with Crippen LogP contribution in [0.25, 0.3) is 11.0 Å². The Hall–Kier alpha value is -5.31. The number of para-hydroxylation sites is 2. The number of fused-ring (bicyclic) bond motifs is 1. The van der Waals surface area contributed by atoms with Gasteiger partial charge >= 0.3 is 6.09 Å². The third-order valence-corrected chi connectivity index (χ3v) is 6.28. The summed E-state index contributed by atoms with van der Waals surface area (Å²) in [5.74, 6) is -1.12. The number of aromatic nitrogens is 3. The van der Waals surface area contributed by atoms with Crippen molar-refractivity contribution in [1.82, 2.24) is 20.3 Å². The number of rotatable bonds is 9. The fraction of sp³-hybridized carbons (Fsp3) is 0.129. The zero-order chi connectivity index (χ0) is 27.7. The Morgan fingerprint density at radius 2 is 1.38 bits per heavy atom. The molecular weight excluding hydrogens is 506 g/mol. The summed E-state index contributed by atoms with van der Waals surface area (Å²) in [6.07, 6.45) is -1.73. The minimum Gasteiger partial charge on any atom is -0.445 e. The summed E-state index contributed by atoms with van der Waals surface area (Å²) >= 11 is 0. The predicted molar refractivity (Wildman–Crippen MR) is 150 cm³/mol. The van der Waals surface area contributed by atoms with Gasteiger partial charge in [-0.1, -0.05) is 96.2 Å². The van der Waals surface area contributed by atoms with E-state index in [2.05, 4.69) is 15.6 Å². The van der Waals surface area contributed by atoms with Gasteiger partial charge in [0.1, 0.15) is 12.1 Å². The number of amides is 3. The second kappa shape index (κ2) is 12.5. The van der Waals surface area contributed by atoms with Gasteiger partial charge in [-0.2, -0.15) is 0 Å². The summed E-state index contributed by atoms with van der Waals surface area (Å²) in [6, 6.07) is 34.4. The summed E-state index contributed by atoms with van der Waals surface area (Å²) in [6.45, 7) is 0.00406. The molecular formula is C31H27N5O4. The first-order valence-corrected chi connectivity index (χ1v) is 12.8. The fourth-order valence-electron chi connectivity index (χ4n) is 4.28. The Balaban J connectivity index is 1.45. The number of nitrogens with zero attached hydrogens (tertiary/aromatic N) is 4. The third-order valence-electron chi connectivity index (χ3n) is 6.28. The normalized spacial score (nSPS) is 11.5. The zero-order valence-electron chi connectivity index (χ0n) is 21.6. The standard InChI is InChI=1S/C31H27N5O4/c37-28(21-20-23-12-4-1-5-13-23)35(25-16-8-3-9-17-25)30(38)29(36-27-19-11-10-18-26(27)33-34-36)32-31(39)40-22-24-14-6-2-7-15-24/h1-19,29H,20-22H2,(H,32,39). The van der Waals surface area contributed by atoms with E-state index in [-0.39, 0.29) is 13.0 Å². The molecule has 40 heavy (non-hydrogen) atoms. The molecule has 3 amide bonds. The highest BCUT2D eigenvalue weighted by molar-refractivity contribution is 6.16. The molecule has 0 radical (unpaired) electrons. The van der Waals surface area contributed by atoms with E-state index in [0.717, 1.165) is 16.0 Å². The van der Waals surface area contributed by atoms with E-state index in [1.165, 1.54) is 4.68 Å².